The minimum atomic E-state index is -0.294. The van der Waals surface area contributed by atoms with Gasteiger partial charge in [-0.05, 0) is 36.4 Å². The number of carbonyl (C=O) groups is 2. The fraction of sp³-hybridized carbons (Fsp3) is 0.160. The Morgan fingerprint density at radius 1 is 1.14 bits per heavy atom. The lowest BCUT2D eigenvalue weighted by molar-refractivity contribution is -0.115. The molecule has 0 spiro atoms. The molecule has 0 radical (unpaired) electrons. The molecule has 35 heavy (non-hydrogen) atoms. The number of carbonyl (C=O) groups excluding carboxylic acids is 2. The number of aromatic nitrogens is 4. The number of amides is 2. The van der Waals surface area contributed by atoms with Crippen molar-refractivity contribution in [2.45, 2.75) is 18.2 Å². The first kappa shape index (κ1) is 24.0. The highest BCUT2D eigenvalue weighted by Crippen LogP contribution is 2.25. The van der Waals surface area contributed by atoms with Crippen LogP contribution in [0.3, 0.4) is 0 Å². The number of rotatable bonds is 10. The number of allylic oxidation sites excluding steroid dienone is 1. The van der Waals surface area contributed by atoms with E-state index in [4.69, 9.17) is 4.42 Å². The summed E-state index contributed by atoms with van der Waals surface area (Å²) in [5.41, 5.74) is 1.79. The molecule has 178 valence electrons. The van der Waals surface area contributed by atoms with E-state index in [0.29, 0.717) is 34.5 Å². The van der Waals surface area contributed by atoms with E-state index in [9.17, 15) is 9.59 Å². The van der Waals surface area contributed by atoms with Gasteiger partial charge in [0.25, 0.3) is 5.91 Å². The molecule has 1 aromatic carbocycles. The second-order valence-electron chi connectivity index (χ2n) is 7.46. The van der Waals surface area contributed by atoms with Gasteiger partial charge in [0, 0.05) is 31.5 Å². The zero-order valence-corrected chi connectivity index (χ0v) is 19.9. The number of nitrogens with one attached hydrogen (secondary N) is 1. The van der Waals surface area contributed by atoms with Crippen LogP contribution in [0.2, 0.25) is 0 Å². The Hall–Kier alpha value is -4.18. The molecule has 0 saturated heterocycles. The van der Waals surface area contributed by atoms with E-state index in [2.05, 4.69) is 27.1 Å². The SMILES string of the molecule is C=CCn1c(SCC(=O)N(C)c2ccccc2C(=O)NCc2ccco2)nnc1-c1ccncc1. The summed E-state index contributed by atoms with van der Waals surface area (Å²) in [6.45, 7) is 4.57. The molecule has 0 aliphatic carbocycles. The largest absolute Gasteiger partial charge is 0.467 e. The number of pyridine rings is 1. The summed E-state index contributed by atoms with van der Waals surface area (Å²) in [5, 5.41) is 12.0. The molecule has 0 saturated carbocycles. The molecule has 2 amide bonds. The third-order valence-electron chi connectivity index (χ3n) is 5.18. The van der Waals surface area contributed by atoms with Crippen molar-refractivity contribution in [3.05, 3.63) is 91.2 Å². The van der Waals surface area contributed by atoms with Crippen molar-refractivity contribution in [1.82, 2.24) is 25.1 Å². The zero-order chi connectivity index (χ0) is 24.6. The van der Waals surface area contributed by atoms with Gasteiger partial charge in [0.2, 0.25) is 5.91 Å². The number of hydrogen-bond acceptors (Lipinski definition) is 7. The first-order valence-electron chi connectivity index (χ1n) is 10.8. The van der Waals surface area contributed by atoms with Crippen LogP contribution in [0.5, 0.6) is 0 Å². The molecular formula is C25H24N6O3S. The monoisotopic (exact) mass is 488 g/mol. The van der Waals surface area contributed by atoms with E-state index in [1.54, 1.807) is 68.2 Å². The standard InChI is InChI=1S/C25H24N6O3S/c1-3-14-31-23(18-10-12-26-13-11-18)28-29-25(31)35-17-22(32)30(2)21-9-5-4-8-20(21)24(33)27-16-19-7-6-15-34-19/h3-13,15H,1,14,16-17H2,2H3,(H,27,33). The van der Waals surface area contributed by atoms with Gasteiger partial charge >= 0.3 is 0 Å². The molecule has 1 N–H and O–H groups in total. The van der Waals surface area contributed by atoms with Crippen LogP contribution in [0.4, 0.5) is 5.69 Å². The highest BCUT2D eigenvalue weighted by atomic mass is 32.2. The average molecular weight is 489 g/mol. The maximum absolute atomic E-state index is 13.1. The van der Waals surface area contributed by atoms with Crippen molar-refractivity contribution >= 4 is 29.3 Å². The highest BCUT2D eigenvalue weighted by molar-refractivity contribution is 7.99. The average Bonchev–Trinajstić information content (AvgIpc) is 3.56. The lowest BCUT2D eigenvalue weighted by Gasteiger charge is -2.20. The first-order chi connectivity index (χ1) is 17.1. The summed E-state index contributed by atoms with van der Waals surface area (Å²) in [7, 11) is 1.65. The molecule has 0 bridgehead atoms. The second-order valence-corrected chi connectivity index (χ2v) is 8.40. The Kier molecular flexibility index (Phi) is 7.74. The molecule has 3 aromatic heterocycles. The van der Waals surface area contributed by atoms with E-state index < -0.39 is 0 Å². The fourth-order valence-corrected chi connectivity index (χ4v) is 4.26. The summed E-state index contributed by atoms with van der Waals surface area (Å²) < 4.78 is 7.16. The van der Waals surface area contributed by atoms with Crippen LogP contribution in [0.1, 0.15) is 16.1 Å². The Morgan fingerprint density at radius 2 is 1.94 bits per heavy atom. The molecule has 0 aliphatic rings. The Bertz CT molecular complexity index is 1300. The van der Waals surface area contributed by atoms with Crippen molar-refractivity contribution in [2.75, 3.05) is 17.7 Å². The van der Waals surface area contributed by atoms with Gasteiger partial charge in [-0.1, -0.05) is 30.0 Å². The number of para-hydroxylation sites is 1. The minimum absolute atomic E-state index is 0.116. The number of hydrogen-bond donors (Lipinski definition) is 1. The smallest absolute Gasteiger partial charge is 0.253 e. The van der Waals surface area contributed by atoms with E-state index in [1.807, 2.05) is 16.7 Å². The second kappa shape index (κ2) is 11.3. The van der Waals surface area contributed by atoms with Crippen LogP contribution in [0, 0.1) is 0 Å². The lowest BCUT2D eigenvalue weighted by Crippen LogP contribution is -2.31. The highest BCUT2D eigenvalue weighted by Gasteiger charge is 2.20. The van der Waals surface area contributed by atoms with Gasteiger partial charge in [-0.3, -0.25) is 19.1 Å². The number of thioether (sulfide) groups is 1. The van der Waals surface area contributed by atoms with Gasteiger partial charge in [-0.25, -0.2) is 0 Å². The topological polar surface area (TPSA) is 106 Å². The fourth-order valence-electron chi connectivity index (χ4n) is 3.40. The molecule has 0 unspecified atom stereocenters. The number of nitrogens with zero attached hydrogens (tertiary/aromatic N) is 5. The van der Waals surface area contributed by atoms with Crippen LogP contribution in [-0.4, -0.2) is 44.4 Å². The van der Waals surface area contributed by atoms with Crippen LogP contribution in [0.25, 0.3) is 11.4 Å². The minimum Gasteiger partial charge on any atom is -0.467 e. The molecule has 0 aliphatic heterocycles. The van der Waals surface area contributed by atoms with E-state index in [0.717, 1.165) is 5.56 Å². The van der Waals surface area contributed by atoms with Crippen molar-refractivity contribution < 1.29 is 14.0 Å². The maximum Gasteiger partial charge on any atom is 0.253 e. The zero-order valence-electron chi connectivity index (χ0n) is 19.1. The molecule has 4 aromatic rings. The van der Waals surface area contributed by atoms with Crippen LogP contribution in [-0.2, 0) is 17.9 Å². The van der Waals surface area contributed by atoms with Gasteiger partial charge in [0.1, 0.15) is 5.76 Å². The summed E-state index contributed by atoms with van der Waals surface area (Å²) in [4.78, 5) is 31.4. The van der Waals surface area contributed by atoms with Gasteiger partial charge < -0.3 is 14.6 Å². The van der Waals surface area contributed by atoms with Crippen LogP contribution in [0.15, 0.2) is 89.4 Å². The van der Waals surface area contributed by atoms with Gasteiger partial charge in [0.15, 0.2) is 11.0 Å². The number of furan rings is 1. The number of benzene rings is 1. The van der Waals surface area contributed by atoms with Crippen molar-refractivity contribution in [1.29, 1.82) is 0 Å². The third kappa shape index (κ3) is 5.67. The van der Waals surface area contributed by atoms with Crippen molar-refractivity contribution in [3.8, 4) is 11.4 Å². The molecule has 0 fully saturated rings. The Labute approximate surface area is 206 Å². The van der Waals surface area contributed by atoms with Crippen molar-refractivity contribution in [2.24, 2.45) is 0 Å². The first-order valence-corrected chi connectivity index (χ1v) is 11.8. The maximum atomic E-state index is 13.1. The predicted octanol–water partition coefficient (Wildman–Crippen LogP) is 3.80. The lowest BCUT2D eigenvalue weighted by atomic mass is 10.1. The van der Waals surface area contributed by atoms with E-state index >= 15 is 0 Å². The molecule has 10 heteroatoms. The normalized spacial score (nSPS) is 10.7. The number of anilines is 1. The molecule has 0 atom stereocenters. The molecule has 3 heterocycles. The van der Waals surface area contributed by atoms with E-state index in [-0.39, 0.29) is 24.1 Å². The van der Waals surface area contributed by atoms with Gasteiger partial charge in [0.05, 0.1) is 29.8 Å². The van der Waals surface area contributed by atoms with E-state index in [1.165, 1.54) is 16.7 Å². The summed E-state index contributed by atoms with van der Waals surface area (Å²) in [5.74, 6) is 0.960. The third-order valence-corrected chi connectivity index (χ3v) is 6.13. The van der Waals surface area contributed by atoms with Gasteiger partial charge in [-0.15, -0.1) is 16.8 Å². The predicted molar refractivity (Wildman–Crippen MR) is 134 cm³/mol. The summed E-state index contributed by atoms with van der Waals surface area (Å²) in [6, 6.07) is 14.2. The summed E-state index contributed by atoms with van der Waals surface area (Å²) in [6.07, 6.45) is 6.69. The van der Waals surface area contributed by atoms with Gasteiger partial charge in [-0.2, -0.15) is 0 Å². The quantitative estimate of drug-likeness (QED) is 0.267. The Balaban J connectivity index is 1.45. The van der Waals surface area contributed by atoms with Crippen LogP contribution < -0.4 is 10.2 Å². The van der Waals surface area contributed by atoms with Crippen molar-refractivity contribution in [3.63, 3.8) is 0 Å². The summed E-state index contributed by atoms with van der Waals surface area (Å²) >= 11 is 1.28. The van der Waals surface area contributed by atoms with Crippen LogP contribution >= 0.6 is 11.8 Å². The molecule has 4 rings (SSSR count). The molecule has 9 nitrogen and oxygen atoms in total. The Morgan fingerprint density at radius 3 is 2.69 bits per heavy atom. The molecular weight excluding hydrogens is 464 g/mol.